The van der Waals surface area contributed by atoms with Crippen LogP contribution in [0, 0.1) is 11.8 Å². The molecule has 0 heterocycles. The summed E-state index contributed by atoms with van der Waals surface area (Å²) in [6, 6.07) is 0. The zero-order valence-electron chi connectivity index (χ0n) is 10.1. The van der Waals surface area contributed by atoms with Gasteiger partial charge in [0, 0.05) is 11.8 Å². The smallest absolute Gasteiger partial charge is 0.336 e. The zero-order valence-corrected chi connectivity index (χ0v) is 10.1. The molecule has 0 amide bonds. The summed E-state index contributed by atoms with van der Waals surface area (Å²) < 4.78 is 49.3. The summed E-state index contributed by atoms with van der Waals surface area (Å²) in [5.74, 6) is -2.25. The third-order valence-electron chi connectivity index (χ3n) is 2.96. The Morgan fingerprint density at radius 1 is 0.765 bits per heavy atom. The van der Waals surface area contributed by atoms with Crippen molar-refractivity contribution in [3.05, 3.63) is 0 Å². The van der Waals surface area contributed by atoms with Gasteiger partial charge in [0.25, 0.3) is 0 Å². The van der Waals surface area contributed by atoms with Crippen molar-refractivity contribution < 1.29 is 27.8 Å². The van der Waals surface area contributed by atoms with Gasteiger partial charge in [-0.3, -0.25) is 0 Å². The Bertz CT molecular complexity index is 188. The van der Waals surface area contributed by atoms with Crippen molar-refractivity contribution in [3.8, 4) is 0 Å². The SMILES string of the molecule is CC(CCCCCC(C)C(O)(F)F)C(O)(F)F. The lowest BCUT2D eigenvalue weighted by molar-refractivity contribution is -0.234. The van der Waals surface area contributed by atoms with Crippen LogP contribution in [0.4, 0.5) is 17.6 Å². The molecule has 0 rings (SSSR count). The van der Waals surface area contributed by atoms with Crippen LogP contribution in [0.25, 0.3) is 0 Å². The lowest BCUT2D eigenvalue weighted by Gasteiger charge is -2.18. The second-order valence-electron chi connectivity index (χ2n) is 4.62. The number of unbranched alkanes of at least 4 members (excludes halogenated alkanes) is 2. The predicted octanol–water partition coefficient (Wildman–Crippen LogP) is 3.38. The lowest BCUT2D eigenvalue weighted by atomic mass is 9.98. The molecule has 0 aliphatic rings. The molecule has 104 valence electrons. The van der Waals surface area contributed by atoms with E-state index in [0.29, 0.717) is 19.3 Å². The van der Waals surface area contributed by atoms with Crippen LogP contribution in [0.15, 0.2) is 0 Å². The molecule has 2 nitrogen and oxygen atoms in total. The Kier molecular flexibility index (Phi) is 6.40. The minimum Gasteiger partial charge on any atom is -0.336 e. The first-order valence-corrected chi connectivity index (χ1v) is 5.75. The highest BCUT2D eigenvalue weighted by Gasteiger charge is 2.33. The molecule has 0 radical (unpaired) electrons. The first-order chi connectivity index (χ1) is 7.55. The van der Waals surface area contributed by atoms with E-state index in [1.165, 1.54) is 13.8 Å². The van der Waals surface area contributed by atoms with Gasteiger partial charge in [-0.25, -0.2) is 0 Å². The van der Waals surface area contributed by atoms with Crippen LogP contribution >= 0.6 is 0 Å². The minimum absolute atomic E-state index is 0.146. The fourth-order valence-electron chi connectivity index (χ4n) is 1.43. The molecule has 0 saturated carbocycles. The van der Waals surface area contributed by atoms with Gasteiger partial charge in [-0.2, -0.15) is 17.6 Å². The molecule has 17 heavy (non-hydrogen) atoms. The Hall–Kier alpha value is -0.360. The average molecular weight is 260 g/mol. The summed E-state index contributed by atoms with van der Waals surface area (Å²) in [4.78, 5) is 0. The number of hydrogen-bond donors (Lipinski definition) is 2. The molecule has 0 aliphatic carbocycles. The van der Waals surface area contributed by atoms with Gasteiger partial charge in [-0.1, -0.05) is 33.1 Å². The van der Waals surface area contributed by atoms with Crippen LogP contribution in [0.1, 0.15) is 46.0 Å². The topological polar surface area (TPSA) is 40.5 Å². The summed E-state index contributed by atoms with van der Waals surface area (Å²) in [5, 5.41) is 16.7. The van der Waals surface area contributed by atoms with E-state index < -0.39 is 24.1 Å². The third-order valence-corrected chi connectivity index (χ3v) is 2.96. The second-order valence-corrected chi connectivity index (χ2v) is 4.62. The molecule has 6 heteroatoms. The van der Waals surface area contributed by atoms with Gasteiger partial charge in [-0.15, -0.1) is 0 Å². The molecule has 0 aromatic rings. The van der Waals surface area contributed by atoms with E-state index in [1.807, 2.05) is 0 Å². The molecule has 0 spiro atoms. The molecule has 0 aromatic carbocycles. The molecule has 2 N–H and O–H groups in total. The van der Waals surface area contributed by atoms with E-state index in [-0.39, 0.29) is 12.8 Å². The predicted molar refractivity (Wildman–Crippen MR) is 55.7 cm³/mol. The Morgan fingerprint density at radius 2 is 1.06 bits per heavy atom. The highest BCUT2D eigenvalue weighted by Crippen LogP contribution is 2.28. The molecule has 0 aromatic heterocycles. The number of hydrogen-bond acceptors (Lipinski definition) is 2. The van der Waals surface area contributed by atoms with Gasteiger partial charge in [0.15, 0.2) is 0 Å². The lowest BCUT2D eigenvalue weighted by Crippen LogP contribution is -2.25. The van der Waals surface area contributed by atoms with Crippen LogP contribution in [0.5, 0.6) is 0 Å². The maximum atomic E-state index is 12.3. The van der Waals surface area contributed by atoms with Crippen molar-refractivity contribution in [1.29, 1.82) is 0 Å². The van der Waals surface area contributed by atoms with Crippen molar-refractivity contribution in [1.82, 2.24) is 0 Å². The van der Waals surface area contributed by atoms with E-state index in [4.69, 9.17) is 10.2 Å². The first-order valence-electron chi connectivity index (χ1n) is 5.75. The van der Waals surface area contributed by atoms with Crippen LogP contribution in [0.2, 0.25) is 0 Å². The maximum absolute atomic E-state index is 12.3. The standard InChI is InChI=1S/C11H20F4O2/c1-8(10(12,13)16)6-4-3-5-7-9(2)11(14,15)17/h8-9,16-17H,3-7H2,1-2H3. The van der Waals surface area contributed by atoms with Crippen molar-refractivity contribution in [2.45, 2.75) is 58.2 Å². The second kappa shape index (κ2) is 6.54. The maximum Gasteiger partial charge on any atom is 0.355 e. The molecule has 2 atom stereocenters. The molecule has 0 aliphatic heterocycles. The van der Waals surface area contributed by atoms with Crippen LogP contribution in [0.3, 0.4) is 0 Å². The molecule has 0 bridgehead atoms. The van der Waals surface area contributed by atoms with E-state index in [0.717, 1.165) is 0 Å². The van der Waals surface area contributed by atoms with Gasteiger partial charge in [0.2, 0.25) is 0 Å². The fourth-order valence-corrected chi connectivity index (χ4v) is 1.43. The summed E-state index contributed by atoms with van der Waals surface area (Å²) in [5.41, 5.74) is 0. The summed E-state index contributed by atoms with van der Waals surface area (Å²) in [6.07, 6.45) is -5.64. The van der Waals surface area contributed by atoms with Crippen LogP contribution < -0.4 is 0 Å². The quantitative estimate of drug-likeness (QED) is 0.519. The molecule has 0 fully saturated rings. The number of alkyl halides is 4. The van der Waals surface area contributed by atoms with Crippen molar-refractivity contribution in [2.24, 2.45) is 11.8 Å². The summed E-state index contributed by atoms with van der Waals surface area (Å²) in [6.45, 7) is 2.48. The fraction of sp³-hybridized carbons (Fsp3) is 1.00. The number of aliphatic hydroxyl groups is 2. The van der Waals surface area contributed by atoms with Gasteiger partial charge >= 0.3 is 12.2 Å². The molecular weight excluding hydrogens is 240 g/mol. The first kappa shape index (κ1) is 16.6. The Balaban J connectivity index is 3.61. The van der Waals surface area contributed by atoms with Crippen LogP contribution in [-0.2, 0) is 0 Å². The minimum atomic E-state index is -3.68. The van der Waals surface area contributed by atoms with Crippen molar-refractivity contribution in [2.75, 3.05) is 0 Å². The normalized spacial score (nSPS) is 16.9. The zero-order chi connectivity index (χ0) is 13.7. The van der Waals surface area contributed by atoms with Gasteiger partial charge in [-0.05, 0) is 12.8 Å². The van der Waals surface area contributed by atoms with E-state index in [1.54, 1.807) is 0 Å². The molecule has 0 saturated heterocycles. The highest BCUT2D eigenvalue weighted by molar-refractivity contribution is 4.64. The van der Waals surface area contributed by atoms with E-state index in [9.17, 15) is 17.6 Å². The average Bonchev–Trinajstić information content (AvgIpc) is 2.13. The highest BCUT2D eigenvalue weighted by atomic mass is 19.3. The number of halogens is 4. The van der Waals surface area contributed by atoms with Crippen molar-refractivity contribution >= 4 is 0 Å². The number of rotatable bonds is 8. The van der Waals surface area contributed by atoms with E-state index >= 15 is 0 Å². The van der Waals surface area contributed by atoms with E-state index in [2.05, 4.69) is 0 Å². The van der Waals surface area contributed by atoms with Gasteiger partial charge < -0.3 is 10.2 Å². The van der Waals surface area contributed by atoms with Crippen molar-refractivity contribution in [3.63, 3.8) is 0 Å². The molecular formula is C11H20F4O2. The molecule has 2 unspecified atom stereocenters. The Labute approximate surface area is 98.6 Å². The summed E-state index contributed by atoms with van der Waals surface area (Å²) >= 11 is 0. The van der Waals surface area contributed by atoms with Gasteiger partial charge in [0.1, 0.15) is 0 Å². The Morgan fingerprint density at radius 3 is 1.29 bits per heavy atom. The summed E-state index contributed by atoms with van der Waals surface area (Å²) in [7, 11) is 0. The van der Waals surface area contributed by atoms with Gasteiger partial charge in [0.05, 0.1) is 0 Å². The third kappa shape index (κ3) is 7.54. The van der Waals surface area contributed by atoms with Crippen LogP contribution in [-0.4, -0.2) is 22.4 Å². The monoisotopic (exact) mass is 260 g/mol. The largest absolute Gasteiger partial charge is 0.355 e.